The van der Waals surface area contributed by atoms with Crippen LogP contribution in [0.15, 0.2) is 41.2 Å². The zero-order valence-electron chi connectivity index (χ0n) is 15.4. The number of pyridine rings is 1. The van der Waals surface area contributed by atoms with E-state index in [1.807, 2.05) is 6.07 Å². The first-order chi connectivity index (χ1) is 13.5. The molecule has 1 aromatic heterocycles. The Hall–Kier alpha value is -3.16. The molecule has 1 N–H and O–H groups in total. The van der Waals surface area contributed by atoms with Gasteiger partial charge in [0.05, 0.1) is 12.7 Å². The Bertz CT molecular complexity index is 1000. The van der Waals surface area contributed by atoms with Crippen LogP contribution >= 0.6 is 0 Å². The SMILES string of the molecule is COC(=O)c1cc(NC(=O)N2C[C@@H]3C[C@H](C2)c2cccc(=O)n2C3)ccc1F. The van der Waals surface area contributed by atoms with E-state index in [0.29, 0.717) is 25.3 Å². The fourth-order valence-electron chi connectivity index (χ4n) is 4.13. The number of hydrogen-bond acceptors (Lipinski definition) is 4. The Balaban J connectivity index is 1.51. The van der Waals surface area contributed by atoms with Crippen LogP contribution in [0.2, 0.25) is 0 Å². The standard InChI is InChI=1S/C20H20FN3O4/c1-28-19(26)15-8-14(5-6-16(15)21)22-20(27)23-9-12-7-13(11-23)17-3-2-4-18(25)24(17)10-12/h2-6,8,12-13H,7,9-11H2,1H3,(H,22,27)/t12-,13+/m0/s1. The Morgan fingerprint density at radius 1 is 1.18 bits per heavy atom. The van der Waals surface area contributed by atoms with Crippen LogP contribution in [0.4, 0.5) is 14.9 Å². The maximum Gasteiger partial charge on any atom is 0.340 e. The summed E-state index contributed by atoms with van der Waals surface area (Å²) in [5, 5.41) is 2.73. The van der Waals surface area contributed by atoms with Gasteiger partial charge >= 0.3 is 12.0 Å². The number of halogens is 1. The first-order valence-corrected chi connectivity index (χ1v) is 9.10. The number of nitrogens with zero attached hydrogens (tertiary/aromatic N) is 2. The topological polar surface area (TPSA) is 80.6 Å². The summed E-state index contributed by atoms with van der Waals surface area (Å²) in [5.74, 6) is -1.20. The first-order valence-electron chi connectivity index (χ1n) is 9.10. The predicted octanol–water partition coefficient (Wildman–Crippen LogP) is 2.43. The second-order valence-corrected chi connectivity index (χ2v) is 7.22. The zero-order chi connectivity index (χ0) is 19.8. The first kappa shape index (κ1) is 18.2. The van der Waals surface area contributed by atoms with E-state index in [4.69, 9.17) is 0 Å². The molecule has 2 aromatic rings. The molecule has 2 bridgehead atoms. The van der Waals surface area contributed by atoms with Crippen LogP contribution in [0.25, 0.3) is 0 Å². The highest BCUT2D eigenvalue weighted by atomic mass is 19.1. The number of carbonyl (C=O) groups excluding carboxylic acids is 2. The molecule has 2 aliphatic heterocycles. The van der Waals surface area contributed by atoms with Crippen molar-refractivity contribution >= 4 is 17.7 Å². The molecule has 146 valence electrons. The lowest BCUT2D eigenvalue weighted by atomic mass is 9.83. The van der Waals surface area contributed by atoms with E-state index in [0.717, 1.165) is 18.2 Å². The van der Waals surface area contributed by atoms with Gasteiger partial charge in [-0.25, -0.2) is 14.0 Å². The van der Waals surface area contributed by atoms with Crippen molar-refractivity contribution in [2.24, 2.45) is 5.92 Å². The lowest BCUT2D eigenvalue weighted by molar-refractivity contribution is 0.0595. The number of likely N-dealkylation sites (tertiary alicyclic amines) is 1. The maximum atomic E-state index is 13.8. The van der Waals surface area contributed by atoms with Crippen LogP contribution in [0.3, 0.4) is 0 Å². The van der Waals surface area contributed by atoms with E-state index in [-0.39, 0.29) is 29.0 Å². The number of piperidine rings is 1. The van der Waals surface area contributed by atoms with Gasteiger partial charge in [-0.05, 0) is 36.6 Å². The van der Waals surface area contributed by atoms with Crippen LogP contribution in [-0.4, -0.2) is 41.7 Å². The Labute approximate surface area is 160 Å². The van der Waals surface area contributed by atoms with Crippen molar-refractivity contribution in [3.63, 3.8) is 0 Å². The molecule has 7 nitrogen and oxygen atoms in total. The maximum absolute atomic E-state index is 13.8. The third kappa shape index (κ3) is 3.26. The number of amides is 2. The molecule has 0 aliphatic carbocycles. The van der Waals surface area contributed by atoms with Gasteiger partial charge in [0.25, 0.3) is 5.56 Å². The molecule has 1 aromatic carbocycles. The van der Waals surface area contributed by atoms with E-state index in [1.54, 1.807) is 21.6 Å². The number of benzene rings is 1. The highest BCUT2D eigenvalue weighted by molar-refractivity contribution is 5.94. The van der Waals surface area contributed by atoms with Crippen molar-refractivity contribution in [2.75, 3.05) is 25.5 Å². The minimum atomic E-state index is -0.803. The van der Waals surface area contributed by atoms with Crippen molar-refractivity contribution in [1.29, 1.82) is 0 Å². The average Bonchev–Trinajstić information content (AvgIpc) is 2.69. The van der Waals surface area contributed by atoms with Gasteiger partial charge in [0, 0.05) is 43.0 Å². The molecule has 0 saturated carbocycles. The van der Waals surface area contributed by atoms with Crippen molar-refractivity contribution in [3.8, 4) is 0 Å². The molecule has 2 amide bonds. The second-order valence-electron chi connectivity index (χ2n) is 7.22. The lowest BCUT2D eigenvalue weighted by Crippen LogP contribution is -2.50. The van der Waals surface area contributed by atoms with Crippen LogP contribution in [-0.2, 0) is 11.3 Å². The minimum Gasteiger partial charge on any atom is -0.465 e. The molecule has 28 heavy (non-hydrogen) atoms. The normalized spacial score (nSPS) is 20.3. The summed E-state index contributed by atoms with van der Waals surface area (Å²) in [6.45, 7) is 1.63. The molecule has 0 radical (unpaired) electrons. The number of aromatic nitrogens is 1. The number of anilines is 1. The predicted molar refractivity (Wildman–Crippen MR) is 99.9 cm³/mol. The van der Waals surface area contributed by atoms with Gasteiger partial charge in [-0.3, -0.25) is 4.79 Å². The summed E-state index contributed by atoms with van der Waals surface area (Å²) in [4.78, 5) is 38.2. The molecule has 4 rings (SSSR count). The Morgan fingerprint density at radius 2 is 2.00 bits per heavy atom. The number of carbonyl (C=O) groups is 2. The molecule has 0 spiro atoms. The van der Waals surface area contributed by atoms with Crippen LogP contribution in [0.1, 0.15) is 28.4 Å². The highest BCUT2D eigenvalue weighted by Gasteiger charge is 2.36. The lowest BCUT2D eigenvalue weighted by Gasteiger charge is -2.42. The van der Waals surface area contributed by atoms with Gasteiger partial charge < -0.3 is 19.5 Å². The van der Waals surface area contributed by atoms with Crippen molar-refractivity contribution < 1.29 is 18.7 Å². The Kier molecular flexibility index (Phi) is 4.62. The molecule has 2 aliphatic rings. The Morgan fingerprint density at radius 3 is 2.79 bits per heavy atom. The quantitative estimate of drug-likeness (QED) is 0.805. The van der Waals surface area contributed by atoms with Gasteiger partial charge in [-0.2, -0.15) is 0 Å². The van der Waals surface area contributed by atoms with Crippen molar-refractivity contribution in [1.82, 2.24) is 9.47 Å². The third-order valence-electron chi connectivity index (χ3n) is 5.39. The molecule has 2 atom stereocenters. The number of urea groups is 1. The van der Waals surface area contributed by atoms with E-state index in [9.17, 15) is 18.8 Å². The van der Waals surface area contributed by atoms with Crippen LogP contribution in [0.5, 0.6) is 0 Å². The summed E-state index contributed by atoms with van der Waals surface area (Å²) in [6, 6.07) is 8.71. The number of nitrogens with one attached hydrogen (secondary N) is 1. The number of methoxy groups -OCH3 is 1. The second kappa shape index (κ2) is 7.10. The van der Waals surface area contributed by atoms with Gasteiger partial charge in [-0.15, -0.1) is 0 Å². The fourth-order valence-corrected chi connectivity index (χ4v) is 4.13. The van der Waals surface area contributed by atoms with Gasteiger partial charge in [0.15, 0.2) is 0 Å². The van der Waals surface area contributed by atoms with Gasteiger partial charge in [-0.1, -0.05) is 6.07 Å². The summed E-state index contributed by atoms with van der Waals surface area (Å²) >= 11 is 0. The summed E-state index contributed by atoms with van der Waals surface area (Å²) in [6.07, 6.45) is 0.941. The van der Waals surface area contributed by atoms with E-state index in [2.05, 4.69) is 10.1 Å². The van der Waals surface area contributed by atoms with E-state index in [1.165, 1.54) is 19.2 Å². The highest BCUT2D eigenvalue weighted by Crippen LogP contribution is 2.35. The number of esters is 1. The van der Waals surface area contributed by atoms with Crippen molar-refractivity contribution in [2.45, 2.75) is 18.9 Å². The molecule has 3 heterocycles. The van der Waals surface area contributed by atoms with Crippen LogP contribution < -0.4 is 10.9 Å². The molecule has 8 heteroatoms. The smallest absolute Gasteiger partial charge is 0.340 e. The van der Waals surface area contributed by atoms with Crippen molar-refractivity contribution in [3.05, 3.63) is 63.8 Å². The molecular formula is C20H20FN3O4. The zero-order valence-corrected chi connectivity index (χ0v) is 15.4. The largest absolute Gasteiger partial charge is 0.465 e. The molecule has 0 unspecified atom stereocenters. The number of rotatable bonds is 2. The molecular weight excluding hydrogens is 365 g/mol. The number of fused-ring (bicyclic) bond motifs is 4. The average molecular weight is 385 g/mol. The van der Waals surface area contributed by atoms with E-state index < -0.39 is 11.8 Å². The number of hydrogen-bond donors (Lipinski definition) is 1. The van der Waals surface area contributed by atoms with Gasteiger partial charge in [0.2, 0.25) is 0 Å². The number of ether oxygens (including phenoxy) is 1. The third-order valence-corrected chi connectivity index (χ3v) is 5.39. The molecule has 1 fully saturated rings. The monoisotopic (exact) mass is 385 g/mol. The van der Waals surface area contributed by atoms with Crippen LogP contribution in [0, 0.1) is 11.7 Å². The minimum absolute atomic E-state index is 0.00764. The summed E-state index contributed by atoms with van der Waals surface area (Å²) in [5.41, 5.74) is 1.03. The summed E-state index contributed by atoms with van der Waals surface area (Å²) < 4.78 is 20.1. The van der Waals surface area contributed by atoms with E-state index >= 15 is 0 Å². The fraction of sp³-hybridized carbons (Fsp3) is 0.350. The van der Waals surface area contributed by atoms with Gasteiger partial charge in [0.1, 0.15) is 5.82 Å². The molecule has 1 saturated heterocycles. The summed E-state index contributed by atoms with van der Waals surface area (Å²) in [7, 11) is 1.17.